The molecule has 18 heavy (non-hydrogen) atoms. The molecule has 0 fully saturated rings. The van der Waals surface area contributed by atoms with Crippen LogP contribution in [0.2, 0.25) is 5.02 Å². The van der Waals surface area contributed by atoms with Crippen LogP contribution in [0.4, 0.5) is 0 Å². The van der Waals surface area contributed by atoms with Gasteiger partial charge in [-0.3, -0.25) is 0 Å². The van der Waals surface area contributed by atoms with E-state index in [0.717, 1.165) is 11.1 Å². The lowest BCUT2D eigenvalue weighted by atomic mass is 10.00. The van der Waals surface area contributed by atoms with Gasteiger partial charge in [0.05, 0.1) is 12.7 Å². The predicted octanol–water partition coefficient (Wildman–Crippen LogP) is 3.72. The topological polar surface area (TPSA) is 26.3 Å². The van der Waals surface area contributed by atoms with Crippen LogP contribution < -0.4 is 0 Å². The number of carbonyl (C=O) groups is 1. The number of halogens is 1. The fourth-order valence-electron chi connectivity index (χ4n) is 1.81. The van der Waals surface area contributed by atoms with E-state index in [1.165, 1.54) is 7.11 Å². The van der Waals surface area contributed by atoms with Gasteiger partial charge in [0.25, 0.3) is 0 Å². The molecule has 0 aliphatic carbocycles. The molecule has 2 aromatic rings. The number of methoxy groups -OCH3 is 1. The fraction of sp³-hybridized carbons (Fsp3) is 0.133. The van der Waals surface area contributed by atoms with E-state index < -0.39 is 0 Å². The van der Waals surface area contributed by atoms with Crippen LogP contribution in [0.3, 0.4) is 0 Å². The molecule has 0 saturated heterocycles. The molecule has 3 heteroatoms. The predicted molar refractivity (Wildman–Crippen MR) is 72.0 cm³/mol. The molecule has 2 rings (SSSR count). The van der Waals surface area contributed by atoms with Crippen LogP contribution in [0.15, 0.2) is 48.5 Å². The average Bonchev–Trinajstić information content (AvgIpc) is 2.41. The zero-order valence-corrected chi connectivity index (χ0v) is 10.8. The summed E-state index contributed by atoms with van der Waals surface area (Å²) < 4.78 is 4.77. The molecule has 0 N–H and O–H groups in total. The maximum absolute atomic E-state index is 11.6. The Kier molecular flexibility index (Phi) is 4.00. The Hall–Kier alpha value is -1.80. The van der Waals surface area contributed by atoms with Gasteiger partial charge >= 0.3 is 5.97 Å². The maximum atomic E-state index is 11.6. The second kappa shape index (κ2) is 5.69. The molecule has 0 radical (unpaired) electrons. The molecule has 0 spiro atoms. The molecular formula is C15H13ClO2. The molecule has 0 heterocycles. The smallest absolute Gasteiger partial charge is 0.338 e. The number of hydrogen-bond donors (Lipinski definition) is 0. The Labute approximate surface area is 111 Å². The Bertz CT molecular complexity index is 547. The van der Waals surface area contributed by atoms with E-state index in [4.69, 9.17) is 16.3 Å². The number of esters is 1. The average molecular weight is 261 g/mol. The van der Waals surface area contributed by atoms with Gasteiger partial charge < -0.3 is 4.74 Å². The quantitative estimate of drug-likeness (QED) is 0.787. The zero-order valence-electron chi connectivity index (χ0n) is 10.0. The van der Waals surface area contributed by atoms with Gasteiger partial charge in [-0.1, -0.05) is 41.9 Å². The van der Waals surface area contributed by atoms with E-state index in [1.807, 2.05) is 42.5 Å². The third kappa shape index (κ3) is 2.90. The molecule has 0 bridgehead atoms. The van der Waals surface area contributed by atoms with Gasteiger partial charge in [0.1, 0.15) is 0 Å². The largest absolute Gasteiger partial charge is 0.465 e. The van der Waals surface area contributed by atoms with Crippen molar-refractivity contribution >= 4 is 17.6 Å². The molecular weight excluding hydrogens is 248 g/mol. The van der Waals surface area contributed by atoms with Gasteiger partial charge in [-0.05, 0) is 35.7 Å². The number of ether oxygens (including phenoxy) is 1. The van der Waals surface area contributed by atoms with Crippen LogP contribution in [0, 0.1) is 0 Å². The lowest BCUT2D eigenvalue weighted by Crippen LogP contribution is -2.05. The van der Waals surface area contributed by atoms with Gasteiger partial charge in [0.15, 0.2) is 0 Å². The minimum Gasteiger partial charge on any atom is -0.465 e. The summed E-state index contributed by atoms with van der Waals surface area (Å²) in [6.45, 7) is 0. The van der Waals surface area contributed by atoms with Crippen molar-refractivity contribution in [1.29, 1.82) is 0 Å². The number of benzene rings is 2. The van der Waals surface area contributed by atoms with Gasteiger partial charge in [0.2, 0.25) is 0 Å². The first-order chi connectivity index (χ1) is 8.70. The van der Waals surface area contributed by atoms with E-state index in [0.29, 0.717) is 17.0 Å². The normalized spacial score (nSPS) is 10.1. The van der Waals surface area contributed by atoms with Crippen molar-refractivity contribution in [2.24, 2.45) is 0 Å². The van der Waals surface area contributed by atoms with Crippen LogP contribution in [0.1, 0.15) is 21.5 Å². The highest BCUT2D eigenvalue weighted by Gasteiger charge is 2.10. The zero-order chi connectivity index (χ0) is 13.0. The Morgan fingerprint density at radius 3 is 2.44 bits per heavy atom. The summed E-state index contributed by atoms with van der Waals surface area (Å²) in [7, 11) is 1.39. The van der Waals surface area contributed by atoms with Crippen molar-refractivity contribution in [2.75, 3.05) is 7.11 Å². The number of carbonyl (C=O) groups excluding carboxylic acids is 1. The Morgan fingerprint density at radius 1 is 1.11 bits per heavy atom. The van der Waals surface area contributed by atoms with E-state index in [-0.39, 0.29) is 5.97 Å². The SMILES string of the molecule is COC(=O)c1ccccc1Cc1ccc(Cl)cc1. The van der Waals surface area contributed by atoms with Gasteiger partial charge in [-0.15, -0.1) is 0 Å². The Balaban J connectivity index is 2.28. The van der Waals surface area contributed by atoms with Crippen LogP contribution in [0.5, 0.6) is 0 Å². The summed E-state index contributed by atoms with van der Waals surface area (Å²) in [5.41, 5.74) is 2.66. The summed E-state index contributed by atoms with van der Waals surface area (Å²) in [5, 5.41) is 0.708. The van der Waals surface area contributed by atoms with Crippen LogP contribution in [-0.4, -0.2) is 13.1 Å². The summed E-state index contributed by atoms with van der Waals surface area (Å²) in [6.07, 6.45) is 0.683. The highest BCUT2D eigenvalue weighted by molar-refractivity contribution is 6.30. The Morgan fingerprint density at radius 2 is 1.78 bits per heavy atom. The lowest BCUT2D eigenvalue weighted by Gasteiger charge is -2.07. The van der Waals surface area contributed by atoms with Crippen molar-refractivity contribution in [3.05, 3.63) is 70.2 Å². The van der Waals surface area contributed by atoms with Gasteiger partial charge in [-0.2, -0.15) is 0 Å². The molecule has 0 aliphatic rings. The third-order valence-corrected chi connectivity index (χ3v) is 2.98. The van der Waals surface area contributed by atoms with Crippen molar-refractivity contribution < 1.29 is 9.53 Å². The van der Waals surface area contributed by atoms with E-state index in [2.05, 4.69) is 0 Å². The molecule has 92 valence electrons. The van der Waals surface area contributed by atoms with Crippen molar-refractivity contribution in [1.82, 2.24) is 0 Å². The number of hydrogen-bond acceptors (Lipinski definition) is 2. The van der Waals surface area contributed by atoms with Gasteiger partial charge in [-0.25, -0.2) is 4.79 Å². The molecule has 2 aromatic carbocycles. The summed E-state index contributed by atoms with van der Waals surface area (Å²) in [4.78, 5) is 11.6. The molecule has 0 aromatic heterocycles. The van der Waals surface area contributed by atoms with E-state index in [9.17, 15) is 4.79 Å². The molecule has 0 aliphatic heterocycles. The third-order valence-electron chi connectivity index (χ3n) is 2.73. The summed E-state index contributed by atoms with van der Waals surface area (Å²) >= 11 is 5.84. The fourth-order valence-corrected chi connectivity index (χ4v) is 1.93. The summed E-state index contributed by atoms with van der Waals surface area (Å²) in [5.74, 6) is -0.306. The van der Waals surface area contributed by atoms with Crippen molar-refractivity contribution in [3.63, 3.8) is 0 Å². The van der Waals surface area contributed by atoms with E-state index >= 15 is 0 Å². The van der Waals surface area contributed by atoms with E-state index in [1.54, 1.807) is 6.07 Å². The first-order valence-corrected chi connectivity index (χ1v) is 5.99. The second-order valence-corrected chi connectivity index (χ2v) is 4.39. The monoisotopic (exact) mass is 260 g/mol. The highest BCUT2D eigenvalue weighted by Crippen LogP contribution is 2.17. The molecule has 0 saturated carbocycles. The van der Waals surface area contributed by atoms with Crippen LogP contribution in [-0.2, 0) is 11.2 Å². The summed E-state index contributed by atoms with van der Waals surface area (Å²) in [6, 6.07) is 15.1. The highest BCUT2D eigenvalue weighted by atomic mass is 35.5. The van der Waals surface area contributed by atoms with Crippen LogP contribution >= 0.6 is 11.6 Å². The molecule has 0 amide bonds. The molecule has 0 unspecified atom stereocenters. The van der Waals surface area contributed by atoms with Crippen molar-refractivity contribution in [3.8, 4) is 0 Å². The first-order valence-electron chi connectivity index (χ1n) is 5.61. The second-order valence-electron chi connectivity index (χ2n) is 3.95. The van der Waals surface area contributed by atoms with Gasteiger partial charge in [0, 0.05) is 5.02 Å². The lowest BCUT2D eigenvalue weighted by molar-refractivity contribution is 0.0599. The minimum atomic E-state index is -0.306. The molecule has 2 nitrogen and oxygen atoms in total. The first kappa shape index (κ1) is 12.7. The van der Waals surface area contributed by atoms with Crippen molar-refractivity contribution in [2.45, 2.75) is 6.42 Å². The standard InChI is InChI=1S/C15H13ClO2/c1-18-15(17)14-5-3-2-4-12(14)10-11-6-8-13(16)9-7-11/h2-9H,10H2,1H3. The maximum Gasteiger partial charge on any atom is 0.338 e. The number of rotatable bonds is 3. The minimum absolute atomic E-state index is 0.306. The van der Waals surface area contributed by atoms with Crippen LogP contribution in [0.25, 0.3) is 0 Å². The molecule has 0 atom stereocenters.